The molecule has 0 aliphatic carbocycles. The molecule has 0 bridgehead atoms. The third-order valence-corrected chi connectivity index (χ3v) is 5.91. The van der Waals surface area contributed by atoms with Crippen LogP contribution in [-0.2, 0) is 23.8 Å². The molecular weight excluding hydrogens is 295 g/mol. The lowest BCUT2D eigenvalue weighted by Crippen LogP contribution is -1.98. The van der Waals surface area contributed by atoms with Gasteiger partial charge in [0.05, 0.1) is 0 Å². The minimum atomic E-state index is -3.13. The van der Waals surface area contributed by atoms with Gasteiger partial charge in [-0.15, -0.1) is 0 Å². The predicted molar refractivity (Wildman–Crippen MR) is 89.6 cm³/mol. The molecule has 0 heterocycles. The molecular formula is C14H24O2PS2+. The average molecular weight is 319 g/mol. The smallest absolute Gasteiger partial charge is 0.304 e. The van der Waals surface area contributed by atoms with E-state index in [0.717, 1.165) is 41.5 Å². The summed E-state index contributed by atoms with van der Waals surface area (Å²) in [5.74, 6) is 0. The molecule has 2 N–H and O–H groups in total. The molecule has 0 amide bonds. The summed E-state index contributed by atoms with van der Waals surface area (Å²) in [6.45, 7) is 4.37. The number of rotatable bonds is 7. The van der Waals surface area contributed by atoms with Crippen molar-refractivity contribution < 1.29 is 9.79 Å². The maximum absolute atomic E-state index is 9.58. The zero-order valence-electron chi connectivity index (χ0n) is 11.7. The molecule has 19 heavy (non-hydrogen) atoms. The summed E-state index contributed by atoms with van der Waals surface area (Å²) < 4.78 is 0. The van der Waals surface area contributed by atoms with Crippen molar-refractivity contribution in [1.29, 1.82) is 0 Å². The van der Waals surface area contributed by atoms with Gasteiger partial charge < -0.3 is 9.79 Å². The molecule has 0 unspecified atom stereocenters. The third kappa shape index (κ3) is 6.42. The molecule has 2 nitrogen and oxygen atoms in total. The monoisotopic (exact) mass is 319 g/mol. The topological polar surface area (TPSA) is 40.5 Å². The molecule has 0 saturated carbocycles. The molecule has 0 aliphatic heterocycles. The van der Waals surface area contributed by atoms with Crippen molar-refractivity contribution in [3.8, 4) is 0 Å². The van der Waals surface area contributed by atoms with Gasteiger partial charge in [-0.05, 0) is 43.5 Å². The maximum Gasteiger partial charge on any atom is 0.434 e. The SMILES string of the molecule is CCCCc1cccc([S+]=P(O)(O)S)c1CCCC. The standard InChI is InChI=1S/C14H24O2PS2/c1-3-5-8-12-9-7-11-14(19-17(15,16)18)13(12)10-6-4-2/h7,9,11,15-16,18H,3-6,8,10H2,1-2H3/q+1. The summed E-state index contributed by atoms with van der Waals surface area (Å²) >= 11 is 3.89. The first-order chi connectivity index (χ1) is 8.98. The first-order valence-electron chi connectivity index (χ1n) is 6.85. The molecule has 0 aliphatic rings. The van der Waals surface area contributed by atoms with E-state index < -0.39 is 5.69 Å². The van der Waals surface area contributed by atoms with Gasteiger partial charge in [-0.3, -0.25) is 0 Å². The minimum absolute atomic E-state index is 0.982. The fraction of sp³-hybridized carbons (Fsp3) is 0.571. The van der Waals surface area contributed by atoms with Crippen LogP contribution in [0.25, 0.3) is 0 Å². The van der Waals surface area contributed by atoms with Crippen molar-refractivity contribution in [1.82, 2.24) is 0 Å². The number of hydrogen-bond donors (Lipinski definition) is 3. The lowest BCUT2D eigenvalue weighted by atomic mass is 9.98. The first-order valence-corrected chi connectivity index (χ1v) is 11.1. The van der Waals surface area contributed by atoms with Crippen molar-refractivity contribution in [2.75, 3.05) is 0 Å². The minimum Gasteiger partial charge on any atom is -0.304 e. The van der Waals surface area contributed by atoms with Crippen LogP contribution >= 0.6 is 17.9 Å². The van der Waals surface area contributed by atoms with E-state index in [4.69, 9.17) is 0 Å². The number of hydrogen-bond acceptors (Lipinski definition) is 0. The molecule has 0 radical (unpaired) electrons. The second-order valence-electron chi connectivity index (χ2n) is 4.71. The van der Waals surface area contributed by atoms with Crippen LogP contribution in [0, 0.1) is 0 Å². The molecule has 1 rings (SSSR count). The average Bonchev–Trinajstić information content (AvgIpc) is 2.33. The normalized spacial score (nSPS) is 11.6. The zero-order valence-corrected chi connectivity index (χ0v) is 14.3. The van der Waals surface area contributed by atoms with Gasteiger partial charge in [0.2, 0.25) is 4.90 Å². The van der Waals surface area contributed by atoms with E-state index in [1.807, 2.05) is 12.1 Å². The van der Waals surface area contributed by atoms with Crippen LogP contribution < -0.4 is 0 Å². The van der Waals surface area contributed by atoms with E-state index in [0.29, 0.717) is 0 Å². The van der Waals surface area contributed by atoms with Gasteiger partial charge in [0, 0.05) is 11.6 Å². The van der Waals surface area contributed by atoms with Crippen molar-refractivity contribution in [2.45, 2.75) is 57.3 Å². The Morgan fingerprint density at radius 1 is 1.11 bits per heavy atom. The predicted octanol–water partition coefficient (Wildman–Crippen LogP) is 4.41. The highest BCUT2D eigenvalue weighted by Crippen LogP contribution is 2.45. The largest absolute Gasteiger partial charge is 0.434 e. The molecule has 5 heteroatoms. The lowest BCUT2D eigenvalue weighted by molar-refractivity contribution is 0.502. The summed E-state index contributed by atoms with van der Waals surface area (Å²) in [5, 5.41) is 0. The van der Waals surface area contributed by atoms with Gasteiger partial charge in [-0.2, -0.15) is 0 Å². The number of unbranched alkanes of at least 4 members (excludes halogenated alkanes) is 2. The van der Waals surface area contributed by atoms with Gasteiger partial charge in [0.15, 0.2) is 0 Å². The van der Waals surface area contributed by atoms with E-state index in [2.05, 4.69) is 32.2 Å². The van der Waals surface area contributed by atoms with Crippen molar-refractivity contribution in [2.24, 2.45) is 0 Å². The Balaban J connectivity index is 3.14. The fourth-order valence-electron chi connectivity index (χ4n) is 2.07. The van der Waals surface area contributed by atoms with Gasteiger partial charge in [-0.1, -0.05) is 38.8 Å². The van der Waals surface area contributed by atoms with Crippen LogP contribution in [0.5, 0.6) is 0 Å². The van der Waals surface area contributed by atoms with Crippen LogP contribution in [-0.4, -0.2) is 9.79 Å². The van der Waals surface area contributed by atoms with Crippen LogP contribution in [0.4, 0.5) is 0 Å². The summed E-state index contributed by atoms with van der Waals surface area (Å²) in [6.07, 6.45) is 6.70. The Labute approximate surface area is 125 Å². The van der Waals surface area contributed by atoms with E-state index in [9.17, 15) is 9.79 Å². The number of aryl methyl sites for hydroxylation is 1. The number of thiol groups is 1. The highest BCUT2D eigenvalue weighted by molar-refractivity contribution is 8.62. The number of benzene rings is 1. The quantitative estimate of drug-likeness (QED) is 0.396. The molecule has 1 aromatic rings. The summed E-state index contributed by atoms with van der Waals surface area (Å²) in [5.41, 5.74) is -0.500. The molecule has 1 aromatic carbocycles. The van der Waals surface area contributed by atoms with Crippen LogP contribution in [0.1, 0.15) is 50.7 Å². The second-order valence-corrected chi connectivity index (χ2v) is 10.9. The summed E-state index contributed by atoms with van der Waals surface area (Å²) in [4.78, 5) is 20.1. The molecule has 0 spiro atoms. The van der Waals surface area contributed by atoms with Gasteiger partial charge in [-0.25, -0.2) is 0 Å². The lowest BCUT2D eigenvalue weighted by Gasteiger charge is -2.08. The van der Waals surface area contributed by atoms with E-state index in [1.54, 1.807) is 0 Å². The van der Waals surface area contributed by atoms with Crippen LogP contribution in [0.15, 0.2) is 23.1 Å². The van der Waals surface area contributed by atoms with E-state index in [-0.39, 0.29) is 0 Å². The van der Waals surface area contributed by atoms with E-state index in [1.165, 1.54) is 24.0 Å². The third-order valence-electron chi connectivity index (χ3n) is 3.03. The Kier molecular flexibility index (Phi) is 7.63. The Hall–Kier alpha value is 0.140. The molecule has 0 aromatic heterocycles. The summed E-state index contributed by atoms with van der Waals surface area (Å²) in [6, 6.07) is 6.15. The molecule has 108 valence electrons. The second kappa shape index (κ2) is 8.43. The fourth-order valence-corrected chi connectivity index (χ4v) is 4.91. The van der Waals surface area contributed by atoms with Crippen molar-refractivity contribution in [3.63, 3.8) is 0 Å². The Bertz CT molecular complexity index is 446. The van der Waals surface area contributed by atoms with Crippen molar-refractivity contribution >= 4 is 28.9 Å². The molecule has 0 saturated heterocycles. The van der Waals surface area contributed by atoms with Gasteiger partial charge >= 0.3 is 5.69 Å². The zero-order chi connectivity index (χ0) is 14.3. The highest BCUT2D eigenvalue weighted by Gasteiger charge is 2.23. The van der Waals surface area contributed by atoms with Crippen molar-refractivity contribution in [3.05, 3.63) is 29.3 Å². The van der Waals surface area contributed by atoms with Gasteiger partial charge in [0.1, 0.15) is 0 Å². The molecule has 0 fully saturated rings. The van der Waals surface area contributed by atoms with Crippen LogP contribution in [0.2, 0.25) is 0 Å². The highest BCUT2D eigenvalue weighted by atomic mass is 32.9. The maximum atomic E-state index is 9.58. The summed E-state index contributed by atoms with van der Waals surface area (Å²) in [7, 11) is 1.11. The van der Waals surface area contributed by atoms with E-state index >= 15 is 0 Å². The molecule has 0 atom stereocenters. The Morgan fingerprint density at radius 2 is 1.74 bits per heavy atom. The first kappa shape index (κ1) is 17.2. The van der Waals surface area contributed by atoms with Gasteiger partial charge in [0.25, 0.3) is 10.9 Å². The Morgan fingerprint density at radius 3 is 2.32 bits per heavy atom. The van der Waals surface area contributed by atoms with Crippen LogP contribution in [0.3, 0.4) is 0 Å².